The maximum absolute atomic E-state index is 13.8. The number of rotatable bonds is 6. The smallest absolute Gasteiger partial charge is 0.282 e. The van der Waals surface area contributed by atoms with Crippen LogP contribution < -0.4 is 10.6 Å². The second kappa shape index (κ2) is 8.02. The van der Waals surface area contributed by atoms with E-state index in [2.05, 4.69) is 12.2 Å². The second-order valence-corrected chi connectivity index (χ2v) is 5.98. The van der Waals surface area contributed by atoms with Crippen LogP contribution in [0.25, 0.3) is 0 Å². The number of halogens is 2. The molecular formula is C19H23F2N2O+. The number of quaternary nitrogens is 1. The molecule has 128 valence electrons. The monoisotopic (exact) mass is 333 g/mol. The van der Waals surface area contributed by atoms with Gasteiger partial charge in [0, 0.05) is 17.3 Å². The molecule has 0 aliphatic heterocycles. The summed E-state index contributed by atoms with van der Waals surface area (Å²) in [5.74, 6) is -1.36. The summed E-state index contributed by atoms with van der Waals surface area (Å²) < 4.78 is 26.8. The first-order valence-electron chi connectivity index (χ1n) is 8.10. The number of nitrogens with two attached hydrogens (primary N) is 1. The van der Waals surface area contributed by atoms with Gasteiger partial charge in [-0.2, -0.15) is 0 Å². The average molecular weight is 333 g/mol. The summed E-state index contributed by atoms with van der Waals surface area (Å²) in [6.45, 7) is 5.62. The van der Waals surface area contributed by atoms with Gasteiger partial charge in [-0.1, -0.05) is 19.1 Å². The molecular weight excluding hydrogens is 310 g/mol. The minimum Gasteiger partial charge on any atom is -0.330 e. The van der Waals surface area contributed by atoms with Crippen molar-refractivity contribution in [1.29, 1.82) is 0 Å². The number of anilines is 1. The molecule has 1 amide bonds. The standard InChI is InChI=1S/C19H22F2N2O/c1-4-14-5-8-16(9-6-14)23-19(24)13(3)22-12(2)17-10-7-15(20)11-18(17)21/h5-13,22H,4H2,1-3H3,(H,23,24)/p+1/t12-,13+/m1/s1. The molecule has 0 heterocycles. The van der Waals surface area contributed by atoms with Crippen molar-refractivity contribution in [3.8, 4) is 0 Å². The van der Waals surface area contributed by atoms with Crippen molar-refractivity contribution >= 4 is 11.6 Å². The summed E-state index contributed by atoms with van der Waals surface area (Å²) in [5, 5.41) is 4.61. The van der Waals surface area contributed by atoms with Crippen LogP contribution in [-0.2, 0) is 11.2 Å². The lowest BCUT2D eigenvalue weighted by Crippen LogP contribution is -2.91. The van der Waals surface area contributed by atoms with E-state index < -0.39 is 17.7 Å². The Balaban J connectivity index is 1.97. The molecule has 2 rings (SSSR count). The molecule has 3 nitrogen and oxygen atoms in total. The molecule has 0 saturated heterocycles. The second-order valence-electron chi connectivity index (χ2n) is 5.98. The van der Waals surface area contributed by atoms with Crippen molar-refractivity contribution in [2.24, 2.45) is 0 Å². The minimum absolute atomic E-state index is 0.159. The average Bonchev–Trinajstić information content (AvgIpc) is 2.55. The topological polar surface area (TPSA) is 45.7 Å². The van der Waals surface area contributed by atoms with Crippen molar-refractivity contribution in [2.45, 2.75) is 39.3 Å². The Labute approximate surface area is 141 Å². The van der Waals surface area contributed by atoms with Gasteiger partial charge in [0.2, 0.25) is 0 Å². The highest BCUT2D eigenvalue weighted by Crippen LogP contribution is 2.15. The molecule has 0 saturated carbocycles. The fourth-order valence-electron chi connectivity index (χ4n) is 2.57. The zero-order valence-electron chi connectivity index (χ0n) is 14.1. The lowest BCUT2D eigenvalue weighted by atomic mass is 10.1. The van der Waals surface area contributed by atoms with Crippen LogP contribution in [0.3, 0.4) is 0 Å². The van der Waals surface area contributed by atoms with Gasteiger partial charge in [0.05, 0.1) is 0 Å². The quantitative estimate of drug-likeness (QED) is 0.838. The molecule has 5 heteroatoms. The van der Waals surface area contributed by atoms with Gasteiger partial charge in [-0.15, -0.1) is 0 Å². The van der Waals surface area contributed by atoms with Crippen LogP contribution in [0.2, 0.25) is 0 Å². The third kappa shape index (κ3) is 4.61. The lowest BCUT2D eigenvalue weighted by Gasteiger charge is -2.17. The summed E-state index contributed by atoms with van der Waals surface area (Å²) in [6.07, 6.45) is 0.944. The van der Waals surface area contributed by atoms with Gasteiger partial charge < -0.3 is 10.6 Å². The Hall–Kier alpha value is -2.27. The number of aryl methyl sites for hydroxylation is 1. The third-order valence-electron chi connectivity index (χ3n) is 4.07. The van der Waals surface area contributed by atoms with Crippen LogP contribution in [0, 0.1) is 11.6 Å². The number of nitrogens with one attached hydrogen (secondary N) is 1. The van der Waals surface area contributed by atoms with Crippen LogP contribution >= 0.6 is 0 Å². The summed E-state index contributed by atoms with van der Waals surface area (Å²) in [4.78, 5) is 12.3. The SMILES string of the molecule is CCc1ccc(NC(=O)[C@H](C)[NH2+][C@H](C)c2ccc(F)cc2F)cc1. The first-order chi connectivity index (χ1) is 11.4. The zero-order chi connectivity index (χ0) is 17.7. The van der Waals surface area contributed by atoms with E-state index in [9.17, 15) is 13.6 Å². The number of benzene rings is 2. The molecule has 24 heavy (non-hydrogen) atoms. The number of carbonyl (C=O) groups is 1. The molecule has 0 unspecified atom stereocenters. The number of amides is 1. The van der Waals surface area contributed by atoms with Gasteiger partial charge in [-0.3, -0.25) is 4.79 Å². The van der Waals surface area contributed by atoms with Crippen LogP contribution in [0.15, 0.2) is 42.5 Å². The van der Waals surface area contributed by atoms with Gasteiger partial charge in [-0.05, 0) is 50.1 Å². The van der Waals surface area contributed by atoms with Crippen LogP contribution in [0.1, 0.15) is 37.9 Å². The van der Waals surface area contributed by atoms with Crippen molar-refractivity contribution in [3.63, 3.8) is 0 Å². The van der Waals surface area contributed by atoms with Crippen molar-refractivity contribution in [3.05, 3.63) is 65.2 Å². The Bertz CT molecular complexity index is 701. The van der Waals surface area contributed by atoms with E-state index in [4.69, 9.17) is 0 Å². The van der Waals surface area contributed by atoms with E-state index >= 15 is 0 Å². The van der Waals surface area contributed by atoms with Crippen molar-refractivity contribution < 1.29 is 18.9 Å². The Morgan fingerprint density at radius 1 is 1.12 bits per heavy atom. The first kappa shape index (κ1) is 18.1. The zero-order valence-corrected chi connectivity index (χ0v) is 14.1. The van der Waals surface area contributed by atoms with E-state index in [0.29, 0.717) is 5.56 Å². The van der Waals surface area contributed by atoms with E-state index in [1.807, 2.05) is 24.3 Å². The Morgan fingerprint density at radius 2 is 1.79 bits per heavy atom. The fraction of sp³-hybridized carbons (Fsp3) is 0.316. The molecule has 0 aliphatic rings. The van der Waals surface area contributed by atoms with E-state index in [1.54, 1.807) is 19.2 Å². The van der Waals surface area contributed by atoms with E-state index in [0.717, 1.165) is 18.2 Å². The van der Waals surface area contributed by atoms with Gasteiger partial charge in [-0.25, -0.2) is 8.78 Å². The summed E-state index contributed by atoms with van der Waals surface area (Å²) in [7, 11) is 0. The largest absolute Gasteiger partial charge is 0.330 e. The molecule has 0 aliphatic carbocycles. The Kier molecular flexibility index (Phi) is 6.04. The lowest BCUT2D eigenvalue weighted by molar-refractivity contribution is -0.710. The number of hydrogen-bond acceptors (Lipinski definition) is 1. The third-order valence-corrected chi connectivity index (χ3v) is 4.07. The molecule has 3 N–H and O–H groups in total. The molecule has 0 radical (unpaired) electrons. The number of hydrogen-bond donors (Lipinski definition) is 2. The van der Waals surface area contributed by atoms with Gasteiger partial charge in [0.25, 0.3) is 5.91 Å². The Morgan fingerprint density at radius 3 is 2.38 bits per heavy atom. The maximum atomic E-state index is 13.8. The van der Waals surface area contributed by atoms with Gasteiger partial charge >= 0.3 is 0 Å². The minimum atomic E-state index is -0.607. The predicted molar refractivity (Wildman–Crippen MR) is 90.6 cm³/mol. The van der Waals surface area contributed by atoms with Crippen molar-refractivity contribution in [1.82, 2.24) is 0 Å². The highest BCUT2D eigenvalue weighted by Gasteiger charge is 2.22. The molecule has 0 fully saturated rings. The summed E-state index contributed by atoms with van der Waals surface area (Å²) >= 11 is 0. The maximum Gasteiger partial charge on any atom is 0.282 e. The molecule has 0 spiro atoms. The van der Waals surface area contributed by atoms with Gasteiger partial charge in [0.15, 0.2) is 6.04 Å². The predicted octanol–water partition coefficient (Wildman–Crippen LogP) is 3.18. The van der Waals surface area contributed by atoms with E-state index in [-0.39, 0.29) is 11.9 Å². The molecule has 2 aromatic carbocycles. The highest BCUT2D eigenvalue weighted by atomic mass is 19.1. The molecule has 2 aromatic rings. The van der Waals surface area contributed by atoms with Crippen LogP contribution in [0.4, 0.5) is 14.5 Å². The highest BCUT2D eigenvalue weighted by molar-refractivity contribution is 5.93. The van der Waals surface area contributed by atoms with E-state index in [1.165, 1.54) is 17.7 Å². The molecule has 0 bridgehead atoms. The first-order valence-corrected chi connectivity index (χ1v) is 8.10. The molecule has 2 atom stereocenters. The van der Waals surface area contributed by atoms with Crippen molar-refractivity contribution in [2.75, 3.05) is 5.32 Å². The van der Waals surface area contributed by atoms with Gasteiger partial charge in [0.1, 0.15) is 17.7 Å². The summed E-state index contributed by atoms with van der Waals surface area (Å²) in [6, 6.07) is 10.5. The number of carbonyl (C=O) groups excluding carboxylic acids is 1. The molecule has 0 aromatic heterocycles. The summed E-state index contributed by atoms with van der Waals surface area (Å²) in [5.41, 5.74) is 2.31. The fourth-order valence-corrected chi connectivity index (χ4v) is 2.57. The van der Waals surface area contributed by atoms with Crippen LogP contribution in [0.5, 0.6) is 0 Å². The normalized spacial score (nSPS) is 13.4. The van der Waals surface area contributed by atoms with Crippen LogP contribution in [-0.4, -0.2) is 11.9 Å².